The Hall–Kier alpha value is -2.41. The molecule has 2 heterocycles. The van der Waals surface area contributed by atoms with Crippen LogP contribution in [0.5, 0.6) is 5.75 Å². The first-order valence-corrected chi connectivity index (χ1v) is 8.92. The SMILES string of the molecule is O=C(c1cc(COc2cccc(F)c2)[nH]n1)N1C[C@H]2CCC[C@@]2(CO)C1. The molecule has 1 saturated heterocycles. The number of aromatic nitrogens is 2. The maximum Gasteiger partial charge on any atom is 0.274 e. The van der Waals surface area contributed by atoms with E-state index in [4.69, 9.17) is 4.74 Å². The number of carbonyl (C=O) groups excluding carboxylic acids is 1. The van der Waals surface area contributed by atoms with Crippen molar-refractivity contribution in [3.8, 4) is 5.75 Å². The normalized spacial score (nSPS) is 24.7. The molecule has 0 spiro atoms. The minimum absolute atomic E-state index is 0.125. The molecular formula is C19H22FN3O3. The number of nitrogens with zero attached hydrogens (tertiary/aromatic N) is 2. The van der Waals surface area contributed by atoms with Crippen LogP contribution in [0.3, 0.4) is 0 Å². The highest BCUT2D eigenvalue weighted by Gasteiger charge is 2.50. The van der Waals surface area contributed by atoms with Crippen molar-refractivity contribution in [2.45, 2.75) is 25.9 Å². The summed E-state index contributed by atoms with van der Waals surface area (Å²) >= 11 is 0. The van der Waals surface area contributed by atoms with Crippen LogP contribution in [-0.4, -0.2) is 45.8 Å². The van der Waals surface area contributed by atoms with Gasteiger partial charge in [-0.1, -0.05) is 12.5 Å². The fourth-order valence-corrected chi connectivity index (χ4v) is 4.25. The van der Waals surface area contributed by atoms with Crippen molar-refractivity contribution in [1.29, 1.82) is 0 Å². The molecule has 1 amide bonds. The van der Waals surface area contributed by atoms with E-state index >= 15 is 0 Å². The average Bonchev–Trinajstić information content (AvgIpc) is 3.33. The van der Waals surface area contributed by atoms with Gasteiger partial charge >= 0.3 is 0 Å². The number of rotatable bonds is 5. The first kappa shape index (κ1) is 17.0. The summed E-state index contributed by atoms with van der Waals surface area (Å²) in [5.74, 6) is 0.316. The lowest BCUT2D eigenvalue weighted by Crippen LogP contribution is -2.34. The van der Waals surface area contributed by atoms with Gasteiger partial charge in [-0.25, -0.2) is 4.39 Å². The van der Waals surface area contributed by atoms with E-state index in [1.807, 2.05) is 0 Å². The maximum absolute atomic E-state index is 13.2. The predicted molar refractivity (Wildman–Crippen MR) is 92.1 cm³/mol. The van der Waals surface area contributed by atoms with E-state index in [0.717, 1.165) is 19.3 Å². The lowest BCUT2D eigenvalue weighted by molar-refractivity contribution is 0.0729. The topological polar surface area (TPSA) is 78.5 Å². The number of amides is 1. The summed E-state index contributed by atoms with van der Waals surface area (Å²) in [7, 11) is 0. The van der Waals surface area contributed by atoms with Crippen LogP contribution in [-0.2, 0) is 6.61 Å². The molecule has 4 rings (SSSR count). The molecular weight excluding hydrogens is 337 g/mol. The second-order valence-corrected chi connectivity index (χ2v) is 7.32. The number of benzene rings is 1. The lowest BCUT2D eigenvalue weighted by atomic mass is 9.82. The highest BCUT2D eigenvalue weighted by Crippen LogP contribution is 2.48. The van der Waals surface area contributed by atoms with Gasteiger partial charge in [-0.05, 0) is 37.0 Å². The van der Waals surface area contributed by atoms with Crippen LogP contribution in [0.25, 0.3) is 0 Å². The molecule has 2 atom stereocenters. The van der Waals surface area contributed by atoms with Crippen molar-refractivity contribution in [3.63, 3.8) is 0 Å². The van der Waals surface area contributed by atoms with Gasteiger partial charge in [0.05, 0.1) is 12.3 Å². The van der Waals surface area contributed by atoms with Gasteiger partial charge < -0.3 is 14.7 Å². The number of fused-ring (bicyclic) bond motifs is 1. The number of aliphatic hydroxyl groups excluding tert-OH is 1. The molecule has 1 saturated carbocycles. The molecule has 2 aliphatic rings. The fraction of sp³-hybridized carbons (Fsp3) is 0.474. The van der Waals surface area contributed by atoms with E-state index in [2.05, 4.69) is 10.2 Å². The number of aliphatic hydroxyl groups is 1. The van der Waals surface area contributed by atoms with E-state index in [-0.39, 0.29) is 30.4 Å². The van der Waals surface area contributed by atoms with Crippen LogP contribution in [0, 0.1) is 17.2 Å². The minimum atomic E-state index is -0.361. The Kier molecular flexibility index (Phi) is 4.40. The summed E-state index contributed by atoms with van der Waals surface area (Å²) in [5, 5.41) is 16.7. The molecule has 2 aromatic rings. The van der Waals surface area contributed by atoms with Crippen LogP contribution in [0.1, 0.15) is 35.4 Å². The Balaban J connectivity index is 1.39. The van der Waals surface area contributed by atoms with E-state index in [9.17, 15) is 14.3 Å². The Morgan fingerprint density at radius 3 is 3.12 bits per heavy atom. The van der Waals surface area contributed by atoms with Crippen LogP contribution in [0.2, 0.25) is 0 Å². The molecule has 0 unspecified atom stereocenters. The molecule has 1 aliphatic heterocycles. The predicted octanol–water partition coefficient (Wildman–Crippen LogP) is 2.36. The second-order valence-electron chi connectivity index (χ2n) is 7.32. The van der Waals surface area contributed by atoms with Gasteiger partial charge in [0, 0.05) is 24.6 Å². The smallest absolute Gasteiger partial charge is 0.274 e. The molecule has 2 fully saturated rings. The Morgan fingerprint density at radius 1 is 1.46 bits per heavy atom. The standard InChI is InChI=1S/C19H22FN3O3/c20-14-4-1-5-16(7-14)26-10-15-8-17(22-21-15)18(25)23-9-13-3-2-6-19(13,11-23)12-24/h1,4-5,7-8,13,24H,2-3,6,9-12H2,(H,21,22)/t13-,19+/m1/s1. The highest BCUT2D eigenvalue weighted by atomic mass is 19.1. The van der Waals surface area contributed by atoms with Gasteiger partial charge in [-0.15, -0.1) is 0 Å². The highest BCUT2D eigenvalue weighted by molar-refractivity contribution is 5.92. The third-order valence-electron chi connectivity index (χ3n) is 5.68. The summed E-state index contributed by atoms with van der Waals surface area (Å²) < 4.78 is 18.7. The molecule has 1 aliphatic carbocycles. The van der Waals surface area contributed by atoms with Gasteiger partial charge in [0.25, 0.3) is 5.91 Å². The first-order valence-electron chi connectivity index (χ1n) is 8.92. The van der Waals surface area contributed by atoms with Crippen molar-refractivity contribution < 1.29 is 19.0 Å². The van der Waals surface area contributed by atoms with Crippen LogP contribution in [0.4, 0.5) is 4.39 Å². The van der Waals surface area contributed by atoms with E-state index in [0.29, 0.717) is 36.1 Å². The Bertz CT molecular complexity index is 809. The van der Waals surface area contributed by atoms with Gasteiger partial charge in [-0.2, -0.15) is 5.10 Å². The monoisotopic (exact) mass is 359 g/mol. The van der Waals surface area contributed by atoms with Crippen LogP contribution < -0.4 is 4.74 Å². The summed E-state index contributed by atoms with van der Waals surface area (Å²) in [6, 6.07) is 7.57. The van der Waals surface area contributed by atoms with Crippen molar-refractivity contribution in [1.82, 2.24) is 15.1 Å². The number of hydrogen-bond donors (Lipinski definition) is 2. The first-order chi connectivity index (χ1) is 12.6. The van der Waals surface area contributed by atoms with Crippen molar-refractivity contribution in [3.05, 3.63) is 47.5 Å². The van der Waals surface area contributed by atoms with Crippen molar-refractivity contribution >= 4 is 5.91 Å². The summed E-state index contributed by atoms with van der Waals surface area (Å²) in [4.78, 5) is 14.5. The second kappa shape index (κ2) is 6.72. The summed E-state index contributed by atoms with van der Waals surface area (Å²) in [5.41, 5.74) is 0.861. The van der Waals surface area contributed by atoms with Crippen molar-refractivity contribution in [2.75, 3.05) is 19.7 Å². The Morgan fingerprint density at radius 2 is 2.35 bits per heavy atom. The zero-order valence-corrected chi connectivity index (χ0v) is 14.4. The molecule has 7 heteroatoms. The van der Waals surface area contributed by atoms with E-state index in [1.54, 1.807) is 23.1 Å². The Labute approximate surface area is 151 Å². The molecule has 0 radical (unpaired) electrons. The van der Waals surface area contributed by atoms with Crippen molar-refractivity contribution in [2.24, 2.45) is 11.3 Å². The quantitative estimate of drug-likeness (QED) is 0.859. The molecule has 6 nitrogen and oxygen atoms in total. The zero-order valence-electron chi connectivity index (χ0n) is 14.4. The largest absolute Gasteiger partial charge is 0.487 e. The molecule has 138 valence electrons. The molecule has 2 N–H and O–H groups in total. The average molecular weight is 359 g/mol. The number of nitrogens with one attached hydrogen (secondary N) is 1. The fourth-order valence-electron chi connectivity index (χ4n) is 4.25. The van der Waals surface area contributed by atoms with Gasteiger partial charge in [0.2, 0.25) is 0 Å². The number of aromatic amines is 1. The number of halogens is 1. The number of ether oxygens (including phenoxy) is 1. The van der Waals surface area contributed by atoms with E-state index in [1.165, 1.54) is 12.1 Å². The molecule has 26 heavy (non-hydrogen) atoms. The maximum atomic E-state index is 13.2. The van der Waals surface area contributed by atoms with Gasteiger partial charge in [0.15, 0.2) is 5.69 Å². The van der Waals surface area contributed by atoms with Gasteiger partial charge in [-0.3, -0.25) is 9.89 Å². The minimum Gasteiger partial charge on any atom is -0.487 e. The molecule has 1 aromatic carbocycles. The van der Waals surface area contributed by atoms with Crippen LogP contribution >= 0.6 is 0 Å². The molecule has 1 aromatic heterocycles. The van der Waals surface area contributed by atoms with Gasteiger partial charge in [0.1, 0.15) is 18.2 Å². The lowest BCUT2D eigenvalue weighted by Gasteiger charge is -2.25. The summed E-state index contributed by atoms with van der Waals surface area (Å²) in [6.07, 6.45) is 3.17. The van der Waals surface area contributed by atoms with E-state index < -0.39 is 0 Å². The summed E-state index contributed by atoms with van der Waals surface area (Å²) in [6.45, 7) is 1.58. The van der Waals surface area contributed by atoms with Crippen LogP contribution in [0.15, 0.2) is 30.3 Å². The third kappa shape index (κ3) is 3.07. The number of hydrogen-bond acceptors (Lipinski definition) is 4. The number of carbonyl (C=O) groups is 1. The number of likely N-dealkylation sites (tertiary alicyclic amines) is 1. The third-order valence-corrected chi connectivity index (χ3v) is 5.68. The molecule has 0 bridgehead atoms. The number of H-pyrrole nitrogens is 1. The zero-order chi connectivity index (χ0) is 18.1.